The van der Waals surface area contributed by atoms with E-state index < -0.39 is 5.97 Å². The lowest BCUT2D eigenvalue weighted by molar-refractivity contribution is 0.0589. The predicted molar refractivity (Wildman–Crippen MR) is 98.5 cm³/mol. The van der Waals surface area contributed by atoms with Gasteiger partial charge in [0, 0.05) is 24.5 Å². The number of benzene rings is 1. The number of anilines is 1. The number of hydrogen-bond acceptors (Lipinski definition) is 4. The summed E-state index contributed by atoms with van der Waals surface area (Å²) in [4.78, 5) is 28.3. The van der Waals surface area contributed by atoms with Crippen molar-refractivity contribution in [2.24, 2.45) is 0 Å². The third-order valence-electron chi connectivity index (χ3n) is 3.73. The Balaban J connectivity index is 1.86. The second-order valence-electron chi connectivity index (χ2n) is 5.54. The minimum atomic E-state index is -0.478. The van der Waals surface area contributed by atoms with E-state index in [4.69, 9.17) is 16.3 Å². The smallest absolute Gasteiger partial charge is 0.354 e. The lowest BCUT2D eigenvalue weighted by Gasteiger charge is -2.07. The van der Waals surface area contributed by atoms with Crippen LogP contribution in [-0.2, 0) is 11.3 Å². The van der Waals surface area contributed by atoms with Crippen LogP contribution in [0.3, 0.4) is 0 Å². The number of halogens is 1. The number of carbonyl (C=O) groups is 2. The summed E-state index contributed by atoms with van der Waals surface area (Å²) in [6.07, 6.45) is 3.15. The molecule has 2 aromatic heterocycles. The first-order valence-corrected chi connectivity index (χ1v) is 8.20. The fourth-order valence-corrected chi connectivity index (χ4v) is 2.69. The van der Waals surface area contributed by atoms with E-state index >= 15 is 0 Å². The van der Waals surface area contributed by atoms with E-state index in [2.05, 4.69) is 10.3 Å². The SMILES string of the molecule is COC(=O)c1cc(NC(=O)c2ccnc(Cl)c2)cn1Cc1ccccc1. The molecule has 0 aliphatic rings. The molecule has 26 heavy (non-hydrogen) atoms. The van der Waals surface area contributed by atoms with Gasteiger partial charge in [-0.2, -0.15) is 0 Å². The van der Waals surface area contributed by atoms with E-state index in [9.17, 15) is 9.59 Å². The molecule has 1 aromatic carbocycles. The molecule has 3 aromatic rings. The Hall–Kier alpha value is -3.12. The molecule has 0 aliphatic carbocycles. The zero-order valence-corrected chi connectivity index (χ0v) is 14.7. The number of hydrogen-bond donors (Lipinski definition) is 1. The summed E-state index contributed by atoms with van der Waals surface area (Å²) in [7, 11) is 1.32. The average Bonchev–Trinajstić information content (AvgIpc) is 3.04. The molecular formula is C19H16ClN3O3. The molecule has 0 saturated heterocycles. The molecule has 2 heterocycles. The van der Waals surface area contributed by atoms with Crippen molar-refractivity contribution in [3.8, 4) is 0 Å². The van der Waals surface area contributed by atoms with Gasteiger partial charge in [-0.25, -0.2) is 9.78 Å². The molecule has 6 nitrogen and oxygen atoms in total. The molecule has 0 fully saturated rings. The number of carbonyl (C=O) groups excluding carboxylic acids is 2. The third-order valence-corrected chi connectivity index (χ3v) is 3.94. The van der Waals surface area contributed by atoms with E-state index in [1.165, 1.54) is 19.4 Å². The predicted octanol–water partition coefficient (Wildman–Crippen LogP) is 3.62. The van der Waals surface area contributed by atoms with Crippen LogP contribution in [-0.4, -0.2) is 28.5 Å². The summed E-state index contributed by atoms with van der Waals surface area (Å²) >= 11 is 5.82. The van der Waals surface area contributed by atoms with Crippen molar-refractivity contribution in [2.75, 3.05) is 12.4 Å². The Kier molecular flexibility index (Phi) is 5.34. The molecule has 7 heteroatoms. The lowest BCUT2D eigenvalue weighted by atomic mass is 10.2. The van der Waals surface area contributed by atoms with Crippen LogP contribution in [0.5, 0.6) is 0 Å². The number of methoxy groups -OCH3 is 1. The van der Waals surface area contributed by atoms with E-state index in [0.717, 1.165) is 5.56 Å². The van der Waals surface area contributed by atoms with Crippen molar-refractivity contribution in [1.82, 2.24) is 9.55 Å². The minimum Gasteiger partial charge on any atom is -0.464 e. The van der Waals surface area contributed by atoms with Gasteiger partial charge in [0.2, 0.25) is 0 Å². The second-order valence-corrected chi connectivity index (χ2v) is 5.93. The highest BCUT2D eigenvalue weighted by Crippen LogP contribution is 2.18. The van der Waals surface area contributed by atoms with Gasteiger partial charge in [0.05, 0.1) is 12.8 Å². The van der Waals surface area contributed by atoms with Gasteiger partial charge in [-0.1, -0.05) is 41.9 Å². The fraction of sp³-hybridized carbons (Fsp3) is 0.105. The Morgan fingerprint density at radius 1 is 1.19 bits per heavy atom. The van der Waals surface area contributed by atoms with E-state index in [0.29, 0.717) is 23.5 Å². The number of esters is 1. The maximum Gasteiger partial charge on any atom is 0.354 e. The fourth-order valence-electron chi connectivity index (χ4n) is 2.51. The molecule has 0 unspecified atom stereocenters. The zero-order chi connectivity index (χ0) is 18.5. The Morgan fingerprint density at radius 3 is 2.65 bits per heavy atom. The highest BCUT2D eigenvalue weighted by Gasteiger charge is 2.16. The van der Waals surface area contributed by atoms with Crippen LogP contribution in [0, 0.1) is 0 Å². The Labute approximate surface area is 155 Å². The Morgan fingerprint density at radius 2 is 1.96 bits per heavy atom. The molecule has 0 bridgehead atoms. The van der Waals surface area contributed by atoms with Crippen LogP contribution in [0.2, 0.25) is 5.15 Å². The first-order valence-electron chi connectivity index (χ1n) is 7.82. The molecule has 0 atom stereocenters. The van der Waals surface area contributed by atoms with Gasteiger partial charge in [0.1, 0.15) is 10.8 Å². The van der Waals surface area contributed by atoms with Gasteiger partial charge in [0.15, 0.2) is 0 Å². The lowest BCUT2D eigenvalue weighted by Crippen LogP contribution is -2.11. The normalized spacial score (nSPS) is 10.4. The van der Waals surface area contributed by atoms with E-state index in [1.54, 1.807) is 22.9 Å². The molecule has 0 aliphatic heterocycles. The first-order chi connectivity index (χ1) is 12.6. The van der Waals surface area contributed by atoms with Crippen LogP contribution in [0.25, 0.3) is 0 Å². The van der Waals surface area contributed by atoms with Crippen molar-refractivity contribution in [1.29, 1.82) is 0 Å². The van der Waals surface area contributed by atoms with Gasteiger partial charge in [0.25, 0.3) is 5.91 Å². The van der Waals surface area contributed by atoms with Crippen molar-refractivity contribution in [3.05, 3.63) is 82.9 Å². The van der Waals surface area contributed by atoms with Crippen LogP contribution in [0.4, 0.5) is 5.69 Å². The molecule has 3 rings (SSSR count). The standard InChI is InChI=1S/C19H16ClN3O3/c1-26-19(25)16-10-15(12-23(16)11-13-5-3-2-4-6-13)22-18(24)14-7-8-21-17(20)9-14/h2-10,12H,11H2,1H3,(H,22,24). The molecular weight excluding hydrogens is 354 g/mol. The summed E-state index contributed by atoms with van der Waals surface area (Å²) < 4.78 is 6.57. The molecule has 1 N–H and O–H groups in total. The van der Waals surface area contributed by atoms with Gasteiger partial charge in [-0.3, -0.25) is 4.79 Å². The van der Waals surface area contributed by atoms with Gasteiger partial charge in [-0.15, -0.1) is 0 Å². The van der Waals surface area contributed by atoms with Crippen molar-refractivity contribution in [2.45, 2.75) is 6.54 Å². The maximum absolute atomic E-state index is 12.4. The molecule has 0 radical (unpaired) electrons. The van der Waals surface area contributed by atoms with Crippen molar-refractivity contribution >= 4 is 29.2 Å². The van der Waals surface area contributed by atoms with Gasteiger partial charge < -0.3 is 14.6 Å². The zero-order valence-electron chi connectivity index (χ0n) is 14.0. The number of ether oxygens (including phenoxy) is 1. The van der Waals surface area contributed by atoms with Crippen molar-refractivity contribution in [3.63, 3.8) is 0 Å². The average molecular weight is 370 g/mol. The Bertz CT molecular complexity index is 938. The molecule has 0 saturated carbocycles. The summed E-state index contributed by atoms with van der Waals surface area (Å²) in [6, 6.07) is 14.3. The molecule has 0 spiro atoms. The molecule has 132 valence electrons. The van der Waals surface area contributed by atoms with Crippen LogP contribution in [0.1, 0.15) is 26.4 Å². The summed E-state index contributed by atoms with van der Waals surface area (Å²) in [6.45, 7) is 0.474. The number of aromatic nitrogens is 2. The third kappa shape index (κ3) is 4.10. The van der Waals surface area contributed by atoms with Crippen LogP contribution >= 0.6 is 11.6 Å². The number of nitrogens with one attached hydrogen (secondary N) is 1. The number of amides is 1. The van der Waals surface area contributed by atoms with E-state index in [-0.39, 0.29) is 11.1 Å². The number of pyridine rings is 1. The van der Waals surface area contributed by atoms with Crippen molar-refractivity contribution < 1.29 is 14.3 Å². The molecule has 1 amide bonds. The number of nitrogens with zero attached hydrogens (tertiary/aromatic N) is 2. The minimum absolute atomic E-state index is 0.231. The van der Waals surface area contributed by atoms with Crippen LogP contribution in [0.15, 0.2) is 60.9 Å². The number of rotatable bonds is 5. The first kappa shape index (κ1) is 17.7. The van der Waals surface area contributed by atoms with Crippen LogP contribution < -0.4 is 5.32 Å². The largest absolute Gasteiger partial charge is 0.464 e. The maximum atomic E-state index is 12.4. The topological polar surface area (TPSA) is 73.2 Å². The monoisotopic (exact) mass is 369 g/mol. The summed E-state index contributed by atoms with van der Waals surface area (Å²) in [5.74, 6) is -0.823. The second kappa shape index (κ2) is 7.84. The van der Waals surface area contributed by atoms with Gasteiger partial charge >= 0.3 is 5.97 Å². The summed E-state index contributed by atoms with van der Waals surface area (Å²) in [5, 5.41) is 2.99. The highest BCUT2D eigenvalue weighted by atomic mass is 35.5. The highest BCUT2D eigenvalue weighted by molar-refractivity contribution is 6.29. The van der Waals surface area contributed by atoms with E-state index in [1.807, 2.05) is 30.3 Å². The quantitative estimate of drug-likeness (QED) is 0.550. The summed E-state index contributed by atoms with van der Waals surface area (Å²) in [5.41, 5.74) is 2.23. The van der Waals surface area contributed by atoms with Gasteiger partial charge in [-0.05, 0) is 23.8 Å².